The van der Waals surface area contributed by atoms with Gasteiger partial charge in [0, 0.05) is 50.4 Å². The van der Waals surface area contributed by atoms with Gasteiger partial charge in [-0.2, -0.15) is 0 Å². The quantitative estimate of drug-likeness (QED) is 0.703. The van der Waals surface area contributed by atoms with Crippen molar-refractivity contribution >= 4 is 22.8 Å². The van der Waals surface area contributed by atoms with Crippen LogP contribution >= 0.6 is 0 Å². The molecule has 3 aromatic rings. The fourth-order valence-corrected chi connectivity index (χ4v) is 3.76. The van der Waals surface area contributed by atoms with E-state index in [9.17, 15) is 0 Å². The van der Waals surface area contributed by atoms with Crippen LogP contribution in [0.15, 0.2) is 12.7 Å². The van der Waals surface area contributed by atoms with Crippen molar-refractivity contribution in [2.75, 3.05) is 36.0 Å². The standard InChI is InChI=1S/C19H24N8/c1-12-13(2)23-16(14-4-5-14)24-17(12)26-6-8-27(9-7-26)19-15-18(20-10-21-19)25(3)11-22-15/h10-11,14H,4-9H2,1-3H3. The van der Waals surface area contributed by atoms with Gasteiger partial charge in [-0.05, 0) is 26.7 Å². The van der Waals surface area contributed by atoms with E-state index in [-0.39, 0.29) is 0 Å². The first-order valence-electron chi connectivity index (χ1n) is 9.59. The largest absolute Gasteiger partial charge is 0.353 e. The normalized spacial score (nSPS) is 17.7. The zero-order valence-electron chi connectivity index (χ0n) is 16.1. The van der Waals surface area contributed by atoms with Crippen LogP contribution in [-0.2, 0) is 7.05 Å². The summed E-state index contributed by atoms with van der Waals surface area (Å²) in [6, 6.07) is 0. The lowest BCUT2D eigenvalue weighted by Gasteiger charge is -2.36. The molecule has 2 aliphatic rings. The second kappa shape index (κ2) is 6.14. The number of fused-ring (bicyclic) bond motifs is 1. The van der Waals surface area contributed by atoms with E-state index in [1.807, 2.05) is 11.6 Å². The summed E-state index contributed by atoms with van der Waals surface area (Å²) in [5.41, 5.74) is 4.05. The van der Waals surface area contributed by atoms with Gasteiger partial charge in [-0.1, -0.05) is 0 Å². The number of piperazine rings is 1. The predicted molar refractivity (Wildman–Crippen MR) is 104 cm³/mol. The molecule has 27 heavy (non-hydrogen) atoms. The Labute approximate surface area is 158 Å². The molecule has 1 saturated carbocycles. The highest BCUT2D eigenvalue weighted by molar-refractivity contribution is 5.83. The van der Waals surface area contributed by atoms with Crippen LogP contribution in [0.1, 0.15) is 35.8 Å². The molecule has 4 heterocycles. The molecule has 2 fully saturated rings. The summed E-state index contributed by atoms with van der Waals surface area (Å²) in [5, 5.41) is 0. The van der Waals surface area contributed by atoms with Crippen molar-refractivity contribution < 1.29 is 0 Å². The maximum absolute atomic E-state index is 4.92. The van der Waals surface area contributed by atoms with E-state index in [4.69, 9.17) is 9.97 Å². The second-order valence-electron chi connectivity index (χ2n) is 7.59. The van der Waals surface area contributed by atoms with Gasteiger partial charge in [0.25, 0.3) is 0 Å². The first-order chi connectivity index (χ1) is 13.1. The summed E-state index contributed by atoms with van der Waals surface area (Å²) < 4.78 is 1.93. The summed E-state index contributed by atoms with van der Waals surface area (Å²) in [6.45, 7) is 7.85. The lowest BCUT2D eigenvalue weighted by Crippen LogP contribution is -2.47. The molecular weight excluding hydrogens is 340 g/mol. The van der Waals surface area contributed by atoms with Crippen LogP contribution in [0.5, 0.6) is 0 Å². The highest BCUT2D eigenvalue weighted by Crippen LogP contribution is 2.39. The van der Waals surface area contributed by atoms with Crippen molar-refractivity contribution in [1.29, 1.82) is 0 Å². The van der Waals surface area contributed by atoms with E-state index >= 15 is 0 Å². The van der Waals surface area contributed by atoms with E-state index in [1.165, 1.54) is 18.4 Å². The van der Waals surface area contributed by atoms with Gasteiger partial charge in [0.1, 0.15) is 18.0 Å². The number of imidazole rings is 1. The highest BCUT2D eigenvalue weighted by atomic mass is 15.3. The summed E-state index contributed by atoms with van der Waals surface area (Å²) in [4.78, 5) is 27.7. The van der Waals surface area contributed by atoms with Crippen LogP contribution < -0.4 is 9.80 Å². The Hall–Kier alpha value is -2.77. The topological polar surface area (TPSA) is 75.9 Å². The van der Waals surface area contributed by atoms with Gasteiger partial charge in [-0.15, -0.1) is 0 Å². The molecule has 0 spiro atoms. The molecule has 140 valence electrons. The predicted octanol–water partition coefficient (Wildman–Crippen LogP) is 1.97. The first kappa shape index (κ1) is 16.4. The molecule has 3 aromatic heterocycles. The number of anilines is 2. The van der Waals surface area contributed by atoms with Gasteiger partial charge in [0.05, 0.1) is 6.33 Å². The molecule has 8 heteroatoms. The molecule has 0 radical (unpaired) electrons. The smallest absolute Gasteiger partial charge is 0.165 e. The monoisotopic (exact) mass is 364 g/mol. The third-order valence-corrected chi connectivity index (χ3v) is 5.68. The molecule has 0 amide bonds. The van der Waals surface area contributed by atoms with E-state index in [1.54, 1.807) is 12.7 Å². The van der Waals surface area contributed by atoms with E-state index in [2.05, 4.69) is 38.6 Å². The molecule has 1 aliphatic carbocycles. The van der Waals surface area contributed by atoms with Crippen molar-refractivity contribution in [2.45, 2.75) is 32.6 Å². The molecule has 0 aromatic carbocycles. The third kappa shape index (κ3) is 2.79. The average molecular weight is 364 g/mol. The van der Waals surface area contributed by atoms with Crippen molar-refractivity contribution in [3.05, 3.63) is 29.7 Å². The lowest BCUT2D eigenvalue weighted by molar-refractivity contribution is 0.637. The van der Waals surface area contributed by atoms with Crippen molar-refractivity contribution in [3.63, 3.8) is 0 Å². The van der Waals surface area contributed by atoms with Crippen LogP contribution in [0.2, 0.25) is 0 Å². The molecule has 5 rings (SSSR count). The summed E-state index contributed by atoms with van der Waals surface area (Å²) in [6.07, 6.45) is 5.88. The summed E-state index contributed by atoms with van der Waals surface area (Å²) in [5.74, 6) is 3.63. The number of hydrogen-bond acceptors (Lipinski definition) is 7. The van der Waals surface area contributed by atoms with Gasteiger partial charge in [0.15, 0.2) is 17.0 Å². The Morgan fingerprint density at radius 2 is 1.59 bits per heavy atom. The molecule has 0 N–H and O–H groups in total. The first-order valence-corrected chi connectivity index (χ1v) is 9.59. The molecular formula is C19H24N8. The molecule has 0 unspecified atom stereocenters. The fourth-order valence-electron chi connectivity index (χ4n) is 3.76. The van der Waals surface area contributed by atoms with Gasteiger partial charge in [-0.25, -0.2) is 24.9 Å². The molecule has 0 bridgehead atoms. The van der Waals surface area contributed by atoms with Crippen LogP contribution in [0, 0.1) is 13.8 Å². The minimum Gasteiger partial charge on any atom is -0.353 e. The fraction of sp³-hybridized carbons (Fsp3) is 0.526. The Morgan fingerprint density at radius 1 is 0.889 bits per heavy atom. The lowest BCUT2D eigenvalue weighted by atomic mass is 10.2. The average Bonchev–Trinajstić information content (AvgIpc) is 3.47. The van der Waals surface area contributed by atoms with Crippen LogP contribution in [-0.4, -0.2) is 55.7 Å². The Balaban J connectivity index is 1.39. The van der Waals surface area contributed by atoms with E-state index < -0.39 is 0 Å². The summed E-state index contributed by atoms with van der Waals surface area (Å²) >= 11 is 0. The summed E-state index contributed by atoms with van der Waals surface area (Å²) in [7, 11) is 1.96. The Bertz CT molecular complexity index is 998. The zero-order chi connectivity index (χ0) is 18.5. The maximum Gasteiger partial charge on any atom is 0.165 e. The third-order valence-electron chi connectivity index (χ3n) is 5.68. The van der Waals surface area contributed by atoms with Crippen LogP contribution in [0.25, 0.3) is 11.2 Å². The Kier molecular flexibility index (Phi) is 3.73. The Morgan fingerprint density at radius 3 is 2.30 bits per heavy atom. The number of aromatic nitrogens is 6. The van der Waals surface area contributed by atoms with E-state index in [0.29, 0.717) is 5.92 Å². The number of nitrogens with zero attached hydrogens (tertiary/aromatic N) is 8. The van der Waals surface area contributed by atoms with Gasteiger partial charge in [-0.3, -0.25) is 0 Å². The van der Waals surface area contributed by atoms with Gasteiger partial charge >= 0.3 is 0 Å². The minimum absolute atomic E-state index is 0.572. The van der Waals surface area contributed by atoms with Crippen LogP contribution in [0.3, 0.4) is 0 Å². The van der Waals surface area contributed by atoms with E-state index in [0.717, 1.165) is 60.5 Å². The molecule has 0 atom stereocenters. The second-order valence-corrected chi connectivity index (χ2v) is 7.59. The highest BCUT2D eigenvalue weighted by Gasteiger charge is 2.29. The number of aryl methyl sites for hydroxylation is 2. The van der Waals surface area contributed by atoms with Crippen LogP contribution in [0.4, 0.5) is 11.6 Å². The van der Waals surface area contributed by atoms with Crippen molar-refractivity contribution in [3.8, 4) is 0 Å². The zero-order valence-corrected chi connectivity index (χ0v) is 16.1. The minimum atomic E-state index is 0.572. The van der Waals surface area contributed by atoms with Gasteiger partial charge in [0.2, 0.25) is 0 Å². The number of hydrogen-bond donors (Lipinski definition) is 0. The maximum atomic E-state index is 4.92. The van der Waals surface area contributed by atoms with Crippen molar-refractivity contribution in [1.82, 2.24) is 29.5 Å². The molecule has 1 aliphatic heterocycles. The molecule has 1 saturated heterocycles. The molecule has 8 nitrogen and oxygen atoms in total. The number of rotatable bonds is 3. The van der Waals surface area contributed by atoms with Crippen molar-refractivity contribution in [2.24, 2.45) is 7.05 Å². The van der Waals surface area contributed by atoms with Gasteiger partial charge < -0.3 is 14.4 Å². The SMILES string of the molecule is Cc1nc(C2CC2)nc(N2CCN(c3ncnc4c3ncn4C)CC2)c1C.